The fraction of sp³-hybridized carbons (Fsp3) is 0.316. The van der Waals surface area contributed by atoms with Crippen LogP contribution in [0.1, 0.15) is 24.0 Å². The van der Waals surface area contributed by atoms with Crippen LogP contribution in [-0.2, 0) is 12.0 Å². The van der Waals surface area contributed by atoms with Gasteiger partial charge < -0.3 is 20.5 Å². The Kier molecular flexibility index (Phi) is 5.16. The lowest BCUT2D eigenvalue weighted by Crippen LogP contribution is -2.44. The monoisotopic (exact) mass is 360 g/mol. The second kappa shape index (κ2) is 7.33. The zero-order chi connectivity index (χ0) is 17.9. The third-order valence-electron chi connectivity index (χ3n) is 4.51. The minimum Gasteiger partial charge on any atom is -0.497 e. The number of carbonyl (C=O) groups is 1. The van der Waals surface area contributed by atoms with Gasteiger partial charge in [0.05, 0.1) is 24.4 Å². The first-order chi connectivity index (χ1) is 12.0. The average Bonchev–Trinajstić information content (AvgIpc) is 2.62. The maximum atomic E-state index is 12.2. The van der Waals surface area contributed by atoms with Crippen LogP contribution in [0.25, 0.3) is 0 Å². The van der Waals surface area contributed by atoms with Crippen molar-refractivity contribution < 1.29 is 14.6 Å². The van der Waals surface area contributed by atoms with E-state index in [1.807, 2.05) is 18.2 Å². The molecule has 0 bridgehead atoms. The molecule has 1 atom stereocenters. The number of carbonyl (C=O) groups excluding carboxylic acids is 1. The Morgan fingerprint density at radius 1 is 1.32 bits per heavy atom. The number of rotatable bonds is 4. The molecule has 3 rings (SSSR count). The van der Waals surface area contributed by atoms with Gasteiger partial charge in [0, 0.05) is 0 Å². The third kappa shape index (κ3) is 3.89. The number of hydrogen-bond donors (Lipinski definition) is 3. The summed E-state index contributed by atoms with van der Waals surface area (Å²) in [5, 5.41) is 17.0. The van der Waals surface area contributed by atoms with Gasteiger partial charge in [-0.05, 0) is 54.7 Å². The second-order valence-corrected chi connectivity index (χ2v) is 6.60. The predicted molar refractivity (Wildman–Crippen MR) is 98.3 cm³/mol. The fourth-order valence-corrected chi connectivity index (χ4v) is 3.39. The van der Waals surface area contributed by atoms with E-state index in [4.69, 9.17) is 16.3 Å². The van der Waals surface area contributed by atoms with Crippen molar-refractivity contribution in [2.75, 3.05) is 19.0 Å². The summed E-state index contributed by atoms with van der Waals surface area (Å²) in [7, 11) is 1.62. The van der Waals surface area contributed by atoms with Crippen molar-refractivity contribution >= 4 is 23.3 Å². The van der Waals surface area contributed by atoms with Crippen LogP contribution < -0.4 is 15.4 Å². The highest BCUT2D eigenvalue weighted by atomic mass is 35.5. The molecule has 0 saturated carbocycles. The number of amides is 2. The molecule has 6 heteroatoms. The number of aliphatic hydroxyl groups is 1. The fourth-order valence-electron chi connectivity index (χ4n) is 3.20. The highest BCUT2D eigenvalue weighted by Gasteiger charge is 2.34. The Labute approximate surface area is 152 Å². The third-order valence-corrected chi connectivity index (χ3v) is 4.84. The summed E-state index contributed by atoms with van der Waals surface area (Å²) >= 11 is 6.04. The molecule has 5 nitrogen and oxygen atoms in total. The molecule has 1 aliphatic carbocycles. The highest BCUT2D eigenvalue weighted by molar-refractivity contribution is 6.33. The summed E-state index contributed by atoms with van der Waals surface area (Å²) in [6, 6.07) is 12.3. The smallest absolute Gasteiger partial charge is 0.319 e. The molecule has 0 fully saturated rings. The summed E-state index contributed by atoms with van der Waals surface area (Å²) < 4.78 is 5.25. The molecule has 0 aromatic heterocycles. The predicted octanol–water partition coefficient (Wildman–Crippen LogP) is 3.69. The van der Waals surface area contributed by atoms with Gasteiger partial charge in [-0.1, -0.05) is 29.8 Å². The van der Waals surface area contributed by atoms with E-state index in [1.165, 1.54) is 0 Å². The molecule has 25 heavy (non-hydrogen) atoms. The number of urea groups is 1. The quantitative estimate of drug-likeness (QED) is 0.778. The van der Waals surface area contributed by atoms with Crippen molar-refractivity contribution in [2.24, 2.45) is 0 Å². The van der Waals surface area contributed by atoms with Crippen LogP contribution in [0, 0.1) is 0 Å². The van der Waals surface area contributed by atoms with E-state index in [2.05, 4.69) is 10.6 Å². The van der Waals surface area contributed by atoms with Crippen LogP contribution in [-0.4, -0.2) is 24.8 Å². The lowest BCUT2D eigenvalue weighted by molar-refractivity contribution is 0.0220. The molecular weight excluding hydrogens is 340 g/mol. The summed E-state index contributed by atoms with van der Waals surface area (Å²) in [6.07, 6.45) is 2.34. The largest absolute Gasteiger partial charge is 0.497 e. The van der Waals surface area contributed by atoms with Gasteiger partial charge in [-0.15, -0.1) is 0 Å². The molecule has 2 amide bonds. The Morgan fingerprint density at radius 3 is 2.88 bits per heavy atom. The van der Waals surface area contributed by atoms with Crippen LogP contribution >= 0.6 is 11.6 Å². The highest BCUT2D eigenvalue weighted by Crippen LogP contribution is 2.36. The summed E-state index contributed by atoms with van der Waals surface area (Å²) in [5.74, 6) is 0.771. The molecule has 0 radical (unpaired) electrons. The van der Waals surface area contributed by atoms with Crippen molar-refractivity contribution in [3.05, 3.63) is 58.6 Å². The van der Waals surface area contributed by atoms with Gasteiger partial charge >= 0.3 is 6.03 Å². The normalized spacial score (nSPS) is 19.0. The molecule has 0 aliphatic heterocycles. The first kappa shape index (κ1) is 17.6. The minimum absolute atomic E-state index is 0.128. The first-order valence-corrected chi connectivity index (χ1v) is 8.59. The molecule has 0 spiro atoms. The van der Waals surface area contributed by atoms with Gasteiger partial charge in [-0.3, -0.25) is 0 Å². The van der Waals surface area contributed by atoms with Crippen LogP contribution in [0.5, 0.6) is 5.75 Å². The Balaban J connectivity index is 1.69. The Bertz CT molecular complexity index is 781. The summed E-state index contributed by atoms with van der Waals surface area (Å²) in [6.45, 7) is 0.128. The van der Waals surface area contributed by atoms with E-state index in [-0.39, 0.29) is 6.54 Å². The lowest BCUT2D eigenvalue weighted by Gasteiger charge is -2.34. The average molecular weight is 361 g/mol. The van der Waals surface area contributed by atoms with Gasteiger partial charge in [-0.25, -0.2) is 4.79 Å². The summed E-state index contributed by atoms with van der Waals surface area (Å²) in [4.78, 5) is 12.2. The minimum atomic E-state index is -1.09. The zero-order valence-corrected chi connectivity index (χ0v) is 14.8. The Morgan fingerprint density at radius 2 is 2.12 bits per heavy atom. The van der Waals surface area contributed by atoms with Gasteiger partial charge in [0.15, 0.2) is 0 Å². The van der Waals surface area contributed by atoms with Gasteiger partial charge in [0.25, 0.3) is 0 Å². The van der Waals surface area contributed by atoms with E-state index in [0.717, 1.165) is 29.7 Å². The number of anilines is 1. The van der Waals surface area contributed by atoms with Crippen LogP contribution in [0.15, 0.2) is 42.5 Å². The number of para-hydroxylation sites is 1. The molecule has 132 valence electrons. The van der Waals surface area contributed by atoms with Crippen LogP contribution in [0.4, 0.5) is 10.5 Å². The summed E-state index contributed by atoms with van der Waals surface area (Å²) in [5.41, 5.74) is 1.35. The van der Waals surface area contributed by atoms with Crippen LogP contribution in [0.3, 0.4) is 0 Å². The molecule has 0 saturated heterocycles. The van der Waals surface area contributed by atoms with E-state index in [0.29, 0.717) is 17.1 Å². The van der Waals surface area contributed by atoms with Crippen LogP contribution in [0.2, 0.25) is 5.02 Å². The number of benzene rings is 2. The van der Waals surface area contributed by atoms with E-state index >= 15 is 0 Å². The standard InChI is InChI=1S/C19H21ClN2O3/c1-25-14-8-9-15-13(11-14)5-4-10-19(15,24)12-21-18(23)22-17-7-3-2-6-16(17)20/h2-3,6-9,11,24H,4-5,10,12H2,1H3,(H2,21,22,23). The van der Waals surface area contributed by atoms with Crippen molar-refractivity contribution in [2.45, 2.75) is 24.9 Å². The molecule has 1 unspecified atom stereocenters. The molecule has 0 heterocycles. The number of ether oxygens (including phenoxy) is 1. The zero-order valence-electron chi connectivity index (χ0n) is 14.0. The number of hydrogen-bond acceptors (Lipinski definition) is 3. The van der Waals surface area contributed by atoms with E-state index in [1.54, 1.807) is 31.4 Å². The van der Waals surface area contributed by atoms with Crippen molar-refractivity contribution in [1.29, 1.82) is 0 Å². The molecular formula is C19H21ClN2O3. The topological polar surface area (TPSA) is 70.6 Å². The van der Waals surface area contributed by atoms with Gasteiger partial charge in [-0.2, -0.15) is 0 Å². The molecule has 2 aromatic carbocycles. The number of methoxy groups -OCH3 is 1. The second-order valence-electron chi connectivity index (χ2n) is 6.20. The lowest BCUT2D eigenvalue weighted by atomic mass is 9.79. The van der Waals surface area contributed by atoms with Crippen molar-refractivity contribution in [1.82, 2.24) is 5.32 Å². The van der Waals surface area contributed by atoms with E-state index in [9.17, 15) is 9.90 Å². The number of fused-ring (bicyclic) bond motifs is 1. The number of aryl methyl sites for hydroxylation is 1. The first-order valence-electron chi connectivity index (χ1n) is 8.21. The Hall–Kier alpha value is -2.24. The van der Waals surface area contributed by atoms with Gasteiger partial charge in [0.1, 0.15) is 11.4 Å². The maximum absolute atomic E-state index is 12.2. The number of nitrogens with one attached hydrogen (secondary N) is 2. The molecule has 3 N–H and O–H groups in total. The van der Waals surface area contributed by atoms with E-state index < -0.39 is 11.6 Å². The maximum Gasteiger partial charge on any atom is 0.319 e. The molecule has 2 aromatic rings. The number of halogens is 1. The van der Waals surface area contributed by atoms with Gasteiger partial charge in [0.2, 0.25) is 0 Å². The van der Waals surface area contributed by atoms with Crippen molar-refractivity contribution in [3.63, 3.8) is 0 Å². The SMILES string of the molecule is COc1ccc2c(c1)CCCC2(O)CNC(=O)Nc1ccccc1Cl. The van der Waals surface area contributed by atoms with Crippen molar-refractivity contribution in [3.8, 4) is 5.75 Å². The molecule has 1 aliphatic rings.